The van der Waals surface area contributed by atoms with Gasteiger partial charge >= 0.3 is 0 Å². The van der Waals surface area contributed by atoms with Crippen molar-refractivity contribution >= 4 is 11.3 Å². The fourth-order valence-corrected chi connectivity index (χ4v) is 2.99. The van der Waals surface area contributed by atoms with E-state index < -0.39 is 0 Å². The van der Waals surface area contributed by atoms with Gasteiger partial charge in [0.2, 0.25) is 0 Å². The third-order valence-corrected chi connectivity index (χ3v) is 4.54. The lowest BCUT2D eigenvalue weighted by Crippen LogP contribution is -2.00. The van der Waals surface area contributed by atoms with Gasteiger partial charge in [0.15, 0.2) is 0 Å². The summed E-state index contributed by atoms with van der Waals surface area (Å²) < 4.78 is 11.0. The predicted molar refractivity (Wildman–Crippen MR) is 90.9 cm³/mol. The first kappa shape index (κ1) is 16.5. The van der Waals surface area contributed by atoms with Crippen molar-refractivity contribution in [3.63, 3.8) is 0 Å². The minimum absolute atomic E-state index is 0.106. The van der Waals surface area contributed by atoms with Gasteiger partial charge in [-0.25, -0.2) is 9.97 Å². The second kappa shape index (κ2) is 7.94. The monoisotopic (exact) mass is 342 g/mol. The van der Waals surface area contributed by atoms with Crippen molar-refractivity contribution in [2.45, 2.75) is 26.1 Å². The predicted octanol–water partition coefficient (Wildman–Crippen LogP) is 3.21. The molecule has 2 aromatic heterocycles. The van der Waals surface area contributed by atoms with Crippen LogP contribution in [0.5, 0.6) is 5.75 Å². The molecule has 0 aliphatic rings. The average molecular weight is 342 g/mol. The summed E-state index contributed by atoms with van der Waals surface area (Å²) in [5.74, 6) is 0.838. The smallest absolute Gasteiger partial charge is 0.146 e. The molecular weight excluding hydrogens is 324 g/mol. The normalized spacial score (nSPS) is 12.1. The van der Waals surface area contributed by atoms with E-state index in [1.807, 2.05) is 31.2 Å². The highest BCUT2D eigenvalue weighted by atomic mass is 32.1. The number of hydrogen-bond acceptors (Lipinski definition) is 7. The van der Waals surface area contributed by atoms with Crippen LogP contribution < -0.4 is 4.74 Å². The maximum absolute atomic E-state index is 5.89. The van der Waals surface area contributed by atoms with Crippen molar-refractivity contribution in [2.75, 3.05) is 7.11 Å². The van der Waals surface area contributed by atoms with Crippen molar-refractivity contribution < 1.29 is 9.47 Å². The van der Waals surface area contributed by atoms with Crippen molar-refractivity contribution in [1.29, 1.82) is 0 Å². The van der Waals surface area contributed by atoms with Gasteiger partial charge in [0, 0.05) is 18.8 Å². The van der Waals surface area contributed by atoms with Crippen LogP contribution in [0.1, 0.15) is 34.2 Å². The van der Waals surface area contributed by atoms with E-state index in [0.29, 0.717) is 13.0 Å². The maximum Gasteiger partial charge on any atom is 0.146 e. The van der Waals surface area contributed by atoms with E-state index in [1.54, 1.807) is 30.8 Å². The number of nitrogens with zero attached hydrogens (tertiary/aromatic N) is 4. The van der Waals surface area contributed by atoms with E-state index in [9.17, 15) is 0 Å². The van der Waals surface area contributed by atoms with Crippen molar-refractivity contribution in [2.24, 2.45) is 0 Å². The Balaban J connectivity index is 1.56. The third kappa shape index (κ3) is 4.33. The van der Waals surface area contributed by atoms with E-state index >= 15 is 0 Å². The highest BCUT2D eigenvalue weighted by molar-refractivity contribution is 7.11. The standard InChI is InChI=1S/C17H18N4O2S/c1-12(23-10-13-3-5-15(22-2)6-4-13)17-21-20-16(24-17)7-14-8-18-11-19-9-14/h3-6,8-9,11-12H,7,10H2,1-2H3. The van der Waals surface area contributed by atoms with Crippen LogP contribution in [0.4, 0.5) is 0 Å². The summed E-state index contributed by atoms with van der Waals surface area (Å²) in [6, 6.07) is 7.83. The Bertz CT molecular complexity index is 762. The van der Waals surface area contributed by atoms with E-state index in [-0.39, 0.29) is 6.10 Å². The molecule has 6 nitrogen and oxygen atoms in total. The molecule has 0 N–H and O–H groups in total. The van der Waals surface area contributed by atoms with Crippen LogP contribution >= 0.6 is 11.3 Å². The molecule has 0 aliphatic carbocycles. The van der Waals surface area contributed by atoms with E-state index in [0.717, 1.165) is 26.9 Å². The molecule has 0 radical (unpaired) electrons. The lowest BCUT2D eigenvalue weighted by molar-refractivity contribution is 0.0519. The Morgan fingerprint density at radius 2 is 1.79 bits per heavy atom. The summed E-state index contributed by atoms with van der Waals surface area (Å²) >= 11 is 1.55. The number of ether oxygens (including phenoxy) is 2. The second-order valence-corrected chi connectivity index (χ2v) is 6.35. The first-order valence-electron chi connectivity index (χ1n) is 7.55. The van der Waals surface area contributed by atoms with Crippen LogP contribution in [0.2, 0.25) is 0 Å². The van der Waals surface area contributed by atoms with Gasteiger partial charge < -0.3 is 9.47 Å². The number of benzene rings is 1. The Morgan fingerprint density at radius 1 is 1.04 bits per heavy atom. The minimum Gasteiger partial charge on any atom is -0.497 e. The zero-order valence-electron chi connectivity index (χ0n) is 13.5. The molecule has 24 heavy (non-hydrogen) atoms. The number of methoxy groups -OCH3 is 1. The van der Waals surface area contributed by atoms with Crippen LogP contribution in [0, 0.1) is 0 Å². The molecule has 124 valence electrons. The zero-order valence-corrected chi connectivity index (χ0v) is 14.4. The van der Waals surface area contributed by atoms with Gasteiger partial charge in [-0.1, -0.05) is 23.5 Å². The fourth-order valence-electron chi connectivity index (χ4n) is 2.11. The molecule has 0 aliphatic heterocycles. The van der Waals surface area contributed by atoms with Gasteiger partial charge in [-0.15, -0.1) is 10.2 Å². The molecule has 0 saturated heterocycles. The summed E-state index contributed by atoms with van der Waals surface area (Å²) in [6.07, 6.45) is 5.67. The van der Waals surface area contributed by atoms with E-state index in [4.69, 9.17) is 9.47 Å². The summed E-state index contributed by atoms with van der Waals surface area (Å²) in [4.78, 5) is 8.02. The molecule has 2 heterocycles. The highest BCUT2D eigenvalue weighted by Crippen LogP contribution is 2.24. The second-order valence-electron chi connectivity index (χ2n) is 5.26. The Kier molecular flexibility index (Phi) is 5.45. The number of rotatable bonds is 7. The molecule has 3 aromatic rings. The van der Waals surface area contributed by atoms with Crippen LogP contribution in [0.3, 0.4) is 0 Å². The SMILES string of the molecule is COc1ccc(COC(C)c2nnc(Cc3cncnc3)s2)cc1. The Morgan fingerprint density at radius 3 is 2.50 bits per heavy atom. The van der Waals surface area contributed by atoms with Crippen molar-refractivity contribution in [1.82, 2.24) is 20.2 Å². The summed E-state index contributed by atoms with van der Waals surface area (Å²) in [6.45, 7) is 2.51. The lowest BCUT2D eigenvalue weighted by Gasteiger charge is -2.10. The molecule has 0 spiro atoms. The average Bonchev–Trinajstić information content (AvgIpc) is 3.09. The van der Waals surface area contributed by atoms with Crippen LogP contribution in [-0.2, 0) is 17.8 Å². The van der Waals surface area contributed by atoms with Crippen LogP contribution in [-0.4, -0.2) is 27.3 Å². The third-order valence-electron chi connectivity index (χ3n) is 3.46. The van der Waals surface area contributed by atoms with Gasteiger partial charge in [0.25, 0.3) is 0 Å². The molecule has 0 bridgehead atoms. The largest absolute Gasteiger partial charge is 0.497 e. The maximum atomic E-state index is 5.89. The molecule has 1 aromatic carbocycles. The molecular formula is C17H18N4O2S. The first-order chi connectivity index (χ1) is 11.7. The van der Waals surface area contributed by atoms with Gasteiger partial charge in [-0.05, 0) is 30.2 Å². The minimum atomic E-state index is -0.106. The Hall–Kier alpha value is -2.38. The molecule has 1 atom stereocenters. The molecule has 7 heteroatoms. The topological polar surface area (TPSA) is 70.0 Å². The van der Waals surface area contributed by atoms with E-state index in [1.165, 1.54) is 6.33 Å². The lowest BCUT2D eigenvalue weighted by atomic mass is 10.2. The number of aromatic nitrogens is 4. The summed E-state index contributed by atoms with van der Waals surface area (Å²) in [7, 11) is 1.65. The summed E-state index contributed by atoms with van der Waals surface area (Å²) in [5.41, 5.74) is 2.11. The number of hydrogen-bond donors (Lipinski definition) is 0. The molecule has 0 saturated carbocycles. The van der Waals surface area contributed by atoms with Gasteiger partial charge in [-0.3, -0.25) is 0 Å². The van der Waals surface area contributed by atoms with Crippen molar-refractivity contribution in [3.05, 3.63) is 64.1 Å². The van der Waals surface area contributed by atoms with Crippen molar-refractivity contribution in [3.8, 4) is 5.75 Å². The molecule has 0 fully saturated rings. The van der Waals surface area contributed by atoms with Gasteiger partial charge in [0.05, 0.1) is 13.7 Å². The first-order valence-corrected chi connectivity index (χ1v) is 8.37. The molecule has 3 rings (SSSR count). The summed E-state index contributed by atoms with van der Waals surface area (Å²) in [5, 5.41) is 10.3. The molecule has 1 unspecified atom stereocenters. The quantitative estimate of drug-likeness (QED) is 0.657. The van der Waals surface area contributed by atoms with Gasteiger partial charge in [-0.2, -0.15) is 0 Å². The molecule has 0 amide bonds. The van der Waals surface area contributed by atoms with Crippen LogP contribution in [0.25, 0.3) is 0 Å². The fraction of sp³-hybridized carbons (Fsp3) is 0.294. The Labute approximate surface area is 144 Å². The van der Waals surface area contributed by atoms with E-state index in [2.05, 4.69) is 20.2 Å². The highest BCUT2D eigenvalue weighted by Gasteiger charge is 2.13. The van der Waals surface area contributed by atoms with Gasteiger partial charge in [0.1, 0.15) is 28.2 Å². The van der Waals surface area contributed by atoms with Crippen LogP contribution in [0.15, 0.2) is 43.0 Å². The zero-order chi connectivity index (χ0) is 16.8.